The zero-order valence-electron chi connectivity index (χ0n) is 10.7. The van der Waals surface area contributed by atoms with E-state index in [1.165, 1.54) is 51.4 Å². The first-order valence-corrected chi connectivity index (χ1v) is 6.84. The summed E-state index contributed by atoms with van der Waals surface area (Å²) in [6.45, 7) is 6.77. The molecule has 0 aliphatic rings. The third-order valence-corrected chi connectivity index (χ3v) is 3.06. The Balaban J connectivity index is 3.30. The number of hydrogen-bond acceptors (Lipinski definition) is 0. The van der Waals surface area contributed by atoms with E-state index in [-0.39, 0.29) is 5.41 Å². The van der Waals surface area contributed by atoms with E-state index in [0.717, 1.165) is 0 Å². The quantitative estimate of drug-likeness (QED) is 0.432. The Labute approximate surface area is 101 Å². The van der Waals surface area contributed by atoms with Crippen molar-refractivity contribution in [1.82, 2.24) is 0 Å². The van der Waals surface area contributed by atoms with Gasteiger partial charge in [0, 0.05) is 5.54 Å². The summed E-state index contributed by atoms with van der Waals surface area (Å²) < 4.78 is 0. The highest BCUT2D eigenvalue weighted by Crippen LogP contribution is 2.25. The van der Waals surface area contributed by atoms with E-state index in [1.807, 2.05) is 0 Å². The molecule has 90 valence electrons. The molecule has 0 N–H and O–H groups in total. The Morgan fingerprint density at radius 1 is 0.933 bits per heavy atom. The third kappa shape index (κ3) is 10.3. The molecule has 0 aromatic heterocycles. The van der Waals surface area contributed by atoms with Gasteiger partial charge in [-0.05, 0) is 11.8 Å². The molecule has 0 saturated heterocycles. The lowest BCUT2D eigenvalue weighted by Gasteiger charge is -2.19. The lowest BCUT2D eigenvalue weighted by Crippen LogP contribution is -2.06. The van der Waals surface area contributed by atoms with Gasteiger partial charge in [-0.2, -0.15) is 0 Å². The van der Waals surface area contributed by atoms with Gasteiger partial charge in [0.15, 0.2) is 0 Å². The maximum absolute atomic E-state index is 5.60. The first-order chi connectivity index (χ1) is 7.12. The minimum absolute atomic E-state index is 0.283. The van der Waals surface area contributed by atoms with Gasteiger partial charge in [0.2, 0.25) is 0 Å². The highest BCUT2D eigenvalue weighted by Gasteiger charge is 2.12. The molecule has 1 heteroatoms. The maximum atomic E-state index is 5.60. The van der Waals surface area contributed by atoms with Gasteiger partial charge in [0.05, 0.1) is 0 Å². The lowest BCUT2D eigenvalue weighted by atomic mass is 9.87. The smallest absolute Gasteiger partial charge is 0.000785 e. The molecule has 0 heterocycles. The van der Waals surface area contributed by atoms with Crippen LogP contribution in [0.15, 0.2) is 11.6 Å². The van der Waals surface area contributed by atoms with Crippen molar-refractivity contribution in [3.8, 4) is 0 Å². The van der Waals surface area contributed by atoms with E-state index in [0.29, 0.717) is 0 Å². The molecule has 0 rings (SSSR count). The van der Waals surface area contributed by atoms with E-state index in [4.69, 9.17) is 11.6 Å². The molecule has 0 nitrogen and oxygen atoms in total. The van der Waals surface area contributed by atoms with Crippen LogP contribution >= 0.6 is 11.6 Å². The summed E-state index contributed by atoms with van der Waals surface area (Å²) in [7, 11) is 0. The van der Waals surface area contributed by atoms with Crippen LogP contribution in [-0.2, 0) is 0 Å². The van der Waals surface area contributed by atoms with Crippen LogP contribution in [0.3, 0.4) is 0 Å². The molecule has 0 saturated carbocycles. The summed E-state index contributed by atoms with van der Waals surface area (Å²) in [5, 5.41) is 0. The summed E-state index contributed by atoms with van der Waals surface area (Å²) in [4.78, 5) is 0. The monoisotopic (exact) mass is 230 g/mol. The first-order valence-electron chi connectivity index (χ1n) is 6.40. The number of rotatable bonds is 9. The second-order valence-corrected chi connectivity index (χ2v) is 5.40. The Morgan fingerprint density at radius 3 is 2.00 bits per heavy atom. The van der Waals surface area contributed by atoms with Crippen LogP contribution in [0.25, 0.3) is 0 Å². The molecule has 15 heavy (non-hydrogen) atoms. The molecule has 0 aliphatic heterocycles. The average Bonchev–Trinajstić information content (AvgIpc) is 2.16. The van der Waals surface area contributed by atoms with Crippen molar-refractivity contribution < 1.29 is 0 Å². The fourth-order valence-electron chi connectivity index (χ4n) is 1.79. The van der Waals surface area contributed by atoms with Crippen molar-refractivity contribution in [3.05, 3.63) is 11.6 Å². The van der Waals surface area contributed by atoms with Gasteiger partial charge >= 0.3 is 0 Å². The number of unbranched alkanes of at least 4 members (excludes halogenated alkanes) is 6. The van der Waals surface area contributed by atoms with Gasteiger partial charge in [-0.25, -0.2) is 0 Å². The zero-order chi connectivity index (χ0) is 11.6. The predicted molar refractivity (Wildman–Crippen MR) is 71.4 cm³/mol. The van der Waals surface area contributed by atoms with E-state index in [2.05, 4.69) is 26.8 Å². The van der Waals surface area contributed by atoms with Crippen LogP contribution in [-0.4, -0.2) is 0 Å². The van der Waals surface area contributed by atoms with Gasteiger partial charge in [-0.3, -0.25) is 0 Å². The fraction of sp³-hybridized carbons (Fsp3) is 0.857. The fourth-order valence-corrected chi connectivity index (χ4v) is 2.13. The number of hydrogen-bond donors (Lipinski definition) is 0. The van der Waals surface area contributed by atoms with E-state index in [9.17, 15) is 0 Å². The van der Waals surface area contributed by atoms with Gasteiger partial charge in [-0.1, -0.05) is 83.4 Å². The molecule has 0 aromatic carbocycles. The van der Waals surface area contributed by atoms with Crippen molar-refractivity contribution in [2.75, 3.05) is 0 Å². The topological polar surface area (TPSA) is 0 Å². The summed E-state index contributed by atoms with van der Waals surface area (Å²) in [6.07, 6.45) is 13.1. The normalized spacial score (nSPS) is 12.5. The molecule has 0 spiro atoms. The van der Waals surface area contributed by atoms with Crippen molar-refractivity contribution in [1.29, 1.82) is 0 Å². The average molecular weight is 231 g/mol. The first kappa shape index (κ1) is 15.0. The SMILES string of the molecule is CCCCCCCCCC(C)(C)C=CCl. The van der Waals surface area contributed by atoms with Crippen LogP contribution in [0.1, 0.15) is 72.1 Å². The Kier molecular flexibility index (Phi) is 9.29. The van der Waals surface area contributed by atoms with Crippen molar-refractivity contribution in [3.63, 3.8) is 0 Å². The van der Waals surface area contributed by atoms with Crippen LogP contribution in [0.5, 0.6) is 0 Å². The van der Waals surface area contributed by atoms with E-state index < -0.39 is 0 Å². The molecule has 0 aromatic rings. The highest BCUT2D eigenvalue weighted by molar-refractivity contribution is 6.25. The Morgan fingerprint density at radius 2 is 1.47 bits per heavy atom. The second-order valence-electron chi connectivity index (χ2n) is 5.15. The standard InChI is InChI=1S/C14H27Cl/c1-4-5-6-7-8-9-10-11-14(2,3)12-13-15/h12-13H,4-11H2,1-3H3. The molecule has 0 radical (unpaired) electrons. The third-order valence-electron chi connectivity index (χ3n) is 2.94. The minimum Gasteiger partial charge on any atom is -0.0933 e. The Hall–Kier alpha value is 0.0300. The molecular formula is C14H27Cl. The minimum atomic E-state index is 0.283. The maximum Gasteiger partial charge on any atom is 0.000785 e. The summed E-state index contributed by atoms with van der Waals surface area (Å²) in [5.74, 6) is 0. The second kappa shape index (κ2) is 9.27. The molecule has 0 amide bonds. The van der Waals surface area contributed by atoms with Crippen molar-refractivity contribution in [2.45, 2.75) is 72.1 Å². The van der Waals surface area contributed by atoms with Gasteiger partial charge in [0.1, 0.15) is 0 Å². The molecular weight excluding hydrogens is 204 g/mol. The number of allylic oxidation sites excluding steroid dienone is 1. The van der Waals surface area contributed by atoms with Gasteiger partial charge in [-0.15, -0.1) is 0 Å². The molecule has 0 fully saturated rings. The van der Waals surface area contributed by atoms with Crippen LogP contribution in [0, 0.1) is 5.41 Å². The van der Waals surface area contributed by atoms with E-state index in [1.54, 1.807) is 5.54 Å². The zero-order valence-corrected chi connectivity index (χ0v) is 11.4. The summed E-state index contributed by atoms with van der Waals surface area (Å²) >= 11 is 5.60. The van der Waals surface area contributed by atoms with E-state index >= 15 is 0 Å². The lowest BCUT2D eigenvalue weighted by molar-refractivity contribution is 0.408. The predicted octanol–water partition coefficient (Wildman–Crippen LogP) is 5.91. The largest absolute Gasteiger partial charge is 0.0933 e. The summed E-state index contributed by atoms with van der Waals surface area (Å²) in [5.41, 5.74) is 1.94. The molecule has 0 unspecified atom stereocenters. The molecule has 0 bridgehead atoms. The van der Waals surface area contributed by atoms with Crippen LogP contribution in [0.4, 0.5) is 0 Å². The highest BCUT2D eigenvalue weighted by atomic mass is 35.5. The van der Waals surface area contributed by atoms with Crippen LogP contribution < -0.4 is 0 Å². The van der Waals surface area contributed by atoms with Gasteiger partial charge in [0.25, 0.3) is 0 Å². The number of halogens is 1. The van der Waals surface area contributed by atoms with Crippen molar-refractivity contribution >= 4 is 11.6 Å². The molecule has 0 atom stereocenters. The summed E-state index contributed by atoms with van der Waals surface area (Å²) in [6, 6.07) is 0. The molecule has 0 aliphatic carbocycles. The Bertz CT molecular complexity index is 159. The van der Waals surface area contributed by atoms with Gasteiger partial charge < -0.3 is 0 Å². The van der Waals surface area contributed by atoms with Crippen molar-refractivity contribution in [2.24, 2.45) is 5.41 Å². The van der Waals surface area contributed by atoms with Crippen LogP contribution in [0.2, 0.25) is 0 Å².